The second-order valence-corrected chi connectivity index (χ2v) is 8.09. The van der Waals surface area contributed by atoms with Gasteiger partial charge < -0.3 is 9.32 Å². The molecule has 1 aliphatic rings. The highest BCUT2D eigenvalue weighted by molar-refractivity contribution is 9.10. The van der Waals surface area contributed by atoms with Crippen molar-refractivity contribution >= 4 is 38.9 Å². The summed E-state index contributed by atoms with van der Waals surface area (Å²) in [4.78, 5) is 20.1. The lowest BCUT2D eigenvalue weighted by Gasteiger charge is -2.14. The number of hydrogen-bond acceptors (Lipinski definition) is 5. The van der Waals surface area contributed by atoms with Gasteiger partial charge in [-0.1, -0.05) is 29.8 Å². The number of fused-ring (bicyclic) bond motifs is 1. The van der Waals surface area contributed by atoms with E-state index in [0.717, 1.165) is 29.9 Å². The highest BCUT2D eigenvalue weighted by Crippen LogP contribution is 2.23. The molecule has 0 spiro atoms. The van der Waals surface area contributed by atoms with Crippen LogP contribution in [0.15, 0.2) is 49.1 Å². The number of halogens is 1. The Morgan fingerprint density at radius 1 is 1.29 bits per heavy atom. The van der Waals surface area contributed by atoms with Crippen molar-refractivity contribution in [2.45, 2.75) is 39.0 Å². The molecule has 1 atom stereocenters. The number of benzene rings is 1. The van der Waals surface area contributed by atoms with Crippen LogP contribution in [0.1, 0.15) is 50.6 Å². The lowest BCUT2D eigenvalue weighted by Crippen LogP contribution is -2.23. The summed E-state index contributed by atoms with van der Waals surface area (Å²) >= 11 is 3.43. The topological polar surface area (TPSA) is 63.6 Å². The molecule has 1 saturated heterocycles. The standard InChI is InChI=1S/C21H23BrN4O2/c1-3-14(2)20-24-18-8-6-15(22)12-17(18)21(27)26(20)23-13-16-7-9-19(28-16)25-10-4-5-11-25/h6-9,12-14H,3-5,10-11H2,1-2H3/t14-/m0/s1. The molecule has 1 fully saturated rings. The Morgan fingerprint density at radius 2 is 2.07 bits per heavy atom. The fourth-order valence-electron chi connectivity index (χ4n) is 3.41. The van der Waals surface area contributed by atoms with Crippen LogP contribution in [0.5, 0.6) is 0 Å². The van der Waals surface area contributed by atoms with E-state index in [0.29, 0.717) is 22.5 Å². The predicted molar refractivity (Wildman–Crippen MR) is 116 cm³/mol. The first-order valence-electron chi connectivity index (χ1n) is 9.68. The Labute approximate surface area is 172 Å². The zero-order valence-corrected chi connectivity index (χ0v) is 17.6. The average Bonchev–Trinajstić information content (AvgIpc) is 3.38. The minimum absolute atomic E-state index is 0.106. The van der Waals surface area contributed by atoms with Crippen LogP contribution in [0, 0.1) is 0 Å². The van der Waals surface area contributed by atoms with Crippen LogP contribution in [0.3, 0.4) is 0 Å². The second-order valence-electron chi connectivity index (χ2n) is 7.17. The molecule has 0 aliphatic carbocycles. The third kappa shape index (κ3) is 3.63. The van der Waals surface area contributed by atoms with Crippen molar-refractivity contribution in [3.05, 3.63) is 56.7 Å². The van der Waals surface area contributed by atoms with Gasteiger partial charge in [-0.15, -0.1) is 0 Å². The van der Waals surface area contributed by atoms with Gasteiger partial charge in [0.2, 0.25) is 0 Å². The summed E-state index contributed by atoms with van der Waals surface area (Å²) in [6, 6.07) is 9.38. The summed E-state index contributed by atoms with van der Waals surface area (Å²) in [5.41, 5.74) is 0.508. The van der Waals surface area contributed by atoms with E-state index in [2.05, 4.69) is 39.8 Å². The van der Waals surface area contributed by atoms with Crippen LogP contribution in [0.25, 0.3) is 10.9 Å². The van der Waals surface area contributed by atoms with Crippen molar-refractivity contribution in [3.8, 4) is 0 Å². The molecule has 1 aromatic carbocycles. The number of aromatic nitrogens is 2. The van der Waals surface area contributed by atoms with Gasteiger partial charge >= 0.3 is 0 Å². The van der Waals surface area contributed by atoms with Crippen LogP contribution in [0.4, 0.5) is 5.88 Å². The van der Waals surface area contributed by atoms with E-state index in [1.807, 2.05) is 24.3 Å². The van der Waals surface area contributed by atoms with Crippen molar-refractivity contribution in [1.29, 1.82) is 0 Å². The predicted octanol–water partition coefficient (Wildman–Crippen LogP) is 4.75. The van der Waals surface area contributed by atoms with E-state index in [4.69, 9.17) is 9.40 Å². The molecule has 6 nitrogen and oxygen atoms in total. The van der Waals surface area contributed by atoms with Gasteiger partial charge in [0.15, 0.2) is 5.88 Å². The Hall–Kier alpha value is -2.41. The average molecular weight is 443 g/mol. The Bertz CT molecular complexity index is 1080. The normalized spacial score (nSPS) is 15.8. The van der Waals surface area contributed by atoms with Crippen molar-refractivity contribution in [1.82, 2.24) is 9.66 Å². The van der Waals surface area contributed by atoms with Crippen molar-refractivity contribution in [3.63, 3.8) is 0 Å². The maximum absolute atomic E-state index is 13.1. The maximum Gasteiger partial charge on any atom is 0.282 e. The molecule has 28 heavy (non-hydrogen) atoms. The van der Waals surface area contributed by atoms with Gasteiger partial charge in [0, 0.05) is 29.5 Å². The second kappa shape index (κ2) is 7.91. The first kappa shape index (κ1) is 18.9. The smallest absolute Gasteiger partial charge is 0.282 e. The molecule has 1 aliphatic heterocycles. The Kier molecular flexibility index (Phi) is 5.35. The van der Waals surface area contributed by atoms with Gasteiger partial charge in [0.25, 0.3) is 5.56 Å². The zero-order valence-electron chi connectivity index (χ0n) is 16.1. The maximum atomic E-state index is 13.1. The molecular formula is C21H23BrN4O2. The Balaban J connectivity index is 1.75. The molecular weight excluding hydrogens is 420 g/mol. The molecule has 146 valence electrons. The third-order valence-corrected chi connectivity index (χ3v) is 5.71. The first-order chi connectivity index (χ1) is 13.6. The molecule has 0 amide bonds. The summed E-state index contributed by atoms with van der Waals surface area (Å²) < 4.78 is 8.14. The largest absolute Gasteiger partial charge is 0.440 e. The first-order valence-corrected chi connectivity index (χ1v) is 10.5. The fourth-order valence-corrected chi connectivity index (χ4v) is 3.77. The van der Waals surface area contributed by atoms with Gasteiger partial charge in [-0.3, -0.25) is 4.79 Å². The van der Waals surface area contributed by atoms with Crippen LogP contribution in [-0.2, 0) is 0 Å². The van der Waals surface area contributed by atoms with Gasteiger partial charge in [-0.2, -0.15) is 9.78 Å². The molecule has 7 heteroatoms. The minimum Gasteiger partial charge on any atom is -0.440 e. The number of hydrogen-bond donors (Lipinski definition) is 0. The SMILES string of the molecule is CC[C@H](C)c1nc2ccc(Br)cc2c(=O)n1N=Cc1ccc(N2CCCC2)o1. The lowest BCUT2D eigenvalue weighted by atomic mass is 10.1. The van der Waals surface area contributed by atoms with E-state index in [-0.39, 0.29) is 11.5 Å². The van der Waals surface area contributed by atoms with Gasteiger partial charge in [-0.05, 0) is 43.5 Å². The molecule has 4 rings (SSSR count). The fraction of sp³-hybridized carbons (Fsp3) is 0.381. The zero-order chi connectivity index (χ0) is 19.7. The number of nitrogens with zero attached hydrogens (tertiary/aromatic N) is 4. The van der Waals surface area contributed by atoms with E-state index in [1.54, 1.807) is 12.3 Å². The van der Waals surface area contributed by atoms with E-state index in [9.17, 15) is 4.79 Å². The van der Waals surface area contributed by atoms with Gasteiger partial charge in [-0.25, -0.2) is 4.98 Å². The third-order valence-electron chi connectivity index (χ3n) is 5.22. The highest BCUT2D eigenvalue weighted by Gasteiger charge is 2.17. The minimum atomic E-state index is -0.177. The monoisotopic (exact) mass is 442 g/mol. The molecule has 0 N–H and O–H groups in total. The molecule has 3 aromatic rings. The van der Waals surface area contributed by atoms with Crippen LogP contribution in [-0.4, -0.2) is 29.0 Å². The quantitative estimate of drug-likeness (QED) is 0.534. The molecule has 0 unspecified atom stereocenters. The molecule has 2 aromatic heterocycles. The van der Waals surface area contributed by atoms with Crippen molar-refractivity contribution < 1.29 is 4.42 Å². The molecule has 3 heterocycles. The lowest BCUT2D eigenvalue weighted by molar-refractivity contribution is 0.548. The summed E-state index contributed by atoms with van der Waals surface area (Å²) in [6.45, 7) is 6.17. The highest BCUT2D eigenvalue weighted by atomic mass is 79.9. The summed E-state index contributed by atoms with van der Waals surface area (Å²) in [6.07, 6.45) is 4.84. The molecule has 0 saturated carbocycles. The summed E-state index contributed by atoms with van der Waals surface area (Å²) in [5, 5.41) is 4.99. The summed E-state index contributed by atoms with van der Waals surface area (Å²) in [7, 11) is 0. The Morgan fingerprint density at radius 3 is 2.82 bits per heavy atom. The van der Waals surface area contributed by atoms with E-state index < -0.39 is 0 Å². The van der Waals surface area contributed by atoms with Crippen LogP contribution < -0.4 is 10.5 Å². The van der Waals surface area contributed by atoms with Crippen molar-refractivity contribution in [2.75, 3.05) is 18.0 Å². The molecule has 0 bridgehead atoms. The summed E-state index contributed by atoms with van der Waals surface area (Å²) in [5.74, 6) is 2.24. The van der Waals surface area contributed by atoms with Gasteiger partial charge in [0.1, 0.15) is 11.6 Å². The number of anilines is 1. The number of furan rings is 1. The molecule has 0 radical (unpaired) electrons. The van der Waals surface area contributed by atoms with Crippen LogP contribution in [0.2, 0.25) is 0 Å². The van der Waals surface area contributed by atoms with Crippen LogP contribution >= 0.6 is 15.9 Å². The van der Waals surface area contributed by atoms with Crippen molar-refractivity contribution in [2.24, 2.45) is 5.10 Å². The van der Waals surface area contributed by atoms with E-state index >= 15 is 0 Å². The van der Waals surface area contributed by atoms with E-state index in [1.165, 1.54) is 17.5 Å². The van der Waals surface area contributed by atoms with Gasteiger partial charge in [0.05, 0.1) is 17.1 Å². The number of rotatable bonds is 5.